The van der Waals surface area contributed by atoms with Crippen molar-refractivity contribution >= 4 is 65.2 Å². The van der Waals surface area contributed by atoms with Crippen LogP contribution in [0.4, 0.5) is 4.79 Å². The topological polar surface area (TPSA) is 313 Å². The molecule has 0 radical (unpaired) electrons. The van der Waals surface area contributed by atoms with Gasteiger partial charge in [-0.15, -0.1) is 0 Å². The Hall–Kier alpha value is -6.23. The highest BCUT2D eigenvalue weighted by atomic mass is 16.7. The van der Waals surface area contributed by atoms with Gasteiger partial charge in [0, 0.05) is 67.3 Å². The van der Waals surface area contributed by atoms with E-state index in [4.69, 9.17) is 14.3 Å². The second-order valence-electron chi connectivity index (χ2n) is 30.5. The number of nitrogens with zero attached hydrogens (tertiary/aromatic N) is 9. The van der Waals surface area contributed by atoms with Crippen molar-refractivity contribution in [3.63, 3.8) is 0 Å². The maximum absolute atomic E-state index is 15.4. The third kappa shape index (κ3) is 22.6. The van der Waals surface area contributed by atoms with Crippen molar-refractivity contribution in [3.05, 3.63) is 0 Å². The maximum Gasteiger partial charge on any atom is 0.409 e. The van der Waals surface area contributed by atoms with E-state index < -0.39 is 161 Å². The number of nitrogens with one attached hydrogen (secondary N) is 4. The maximum atomic E-state index is 15.4. The summed E-state index contributed by atoms with van der Waals surface area (Å²) in [4.78, 5) is 180. The molecule has 1 unspecified atom stereocenters. The van der Waals surface area contributed by atoms with Crippen molar-refractivity contribution in [2.75, 3.05) is 95.8 Å². The van der Waals surface area contributed by atoms with Crippen LogP contribution in [0.25, 0.3) is 0 Å². The highest BCUT2D eigenvalue weighted by molar-refractivity contribution is 5.99. The van der Waals surface area contributed by atoms with E-state index >= 15 is 24.0 Å². The van der Waals surface area contributed by atoms with Gasteiger partial charge in [-0.25, -0.2) is 9.86 Å². The molecule has 0 bridgehead atoms. The van der Waals surface area contributed by atoms with E-state index in [0.29, 0.717) is 19.6 Å². The first-order valence-corrected chi connectivity index (χ1v) is 35.5. The number of hydrogen-bond acceptors (Lipinski definition) is 17. The van der Waals surface area contributed by atoms with Crippen molar-refractivity contribution in [1.82, 2.24) is 65.5 Å². The first kappa shape index (κ1) is 86.0. The fraction of sp³-hybridized carbons (Fsp3) is 0.843. The van der Waals surface area contributed by atoms with Crippen LogP contribution in [0.2, 0.25) is 0 Å². The fourth-order valence-corrected chi connectivity index (χ4v) is 13.7. The third-order valence-electron chi connectivity index (χ3n) is 19.7. The van der Waals surface area contributed by atoms with E-state index in [1.165, 1.54) is 94.7 Å². The van der Waals surface area contributed by atoms with Gasteiger partial charge in [0.05, 0.1) is 32.4 Å². The largest absolute Gasteiger partial charge is 0.453 e. The summed E-state index contributed by atoms with van der Waals surface area (Å²) in [7, 11) is 11.4. The summed E-state index contributed by atoms with van der Waals surface area (Å²) in [5.74, 6) is -8.71. The number of morpholine rings is 1. The number of carbonyl (C=O) groups is 11. The van der Waals surface area contributed by atoms with Gasteiger partial charge in [0.15, 0.2) is 6.04 Å². The van der Waals surface area contributed by atoms with Crippen molar-refractivity contribution in [1.29, 1.82) is 0 Å². The Balaban J connectivity index is 2.33. The van der Waals surface area contributed by atoms with Gasteiger partial charge in [0.2, 0.25) is 53.2 Å². The second-order valence-corrected chi connectivity index (χ2v) is 30.5. The van der Waals surface area contributed by atoms with Crippen molar-refractivity contribution in [3.8, 4) is 0 Å². The molecule has 3 fully saturated rings. The van der Waals surface area contributed by atoms with Gasteiger partial charge >= 0.3 is 6.09 Å². The van der Waals surface area contributed by atoms with Gasteiger partial charge in [-0.05, 0) is 108 Å². The first-order chi connectivity index (χ1) is 45.5. The lowest BCUT2D eigenvalue weighted by Gasteiger charge is -2.50. The molecule has 0 aromatic carbocycles. The Morgan fingerprint density at radius 1 is 0.612 bits per heavy atom. The summed E-state index contributed by atoms with van der Waals surface area (Å²) < 4.78 is 10.5. The van der Waals surface area contributed by atoms with Crippen LogP contribution in [0.5, 0.6) is 0 Å². The Labute approximate surface area is 585 Å². The normalized spacial score (nSPS) is 28.5. The molecule has 0 aliphatic carbocycles. The van der Waals surface area contributed by atoms with Crippen LogP contribution in [-0.2, 0) is 62.3 Å². The molecule has 5 N–H and O–H groups in total. The average Bonchev–Trinajstić information content (AvgIpc) is 0.767. The lowest BCUT2D eigenvalue weighted by atomic mass is 9.81. The van der Waals surface area contributed by atoms with Crippen LogP contribution in [-0.4, -0.2) is 289 Å². The van der Waals surface area contributed by atoms with Gasteiger partial charge in [-0.3, -0.25) is 62.6 Å². The number of aliphatic hydroxyl groups excluding tert-OH is 1. The lowest BCUT2D eigenvalue weighted by molar-refractivity contribution is -0.322. The van der Waals surface area contributed by atoms with Crippen molar-refractivity contribution in [2.24, 2.45) is 40.9 Å². The molecule has 0 aromatic heterocycles. The number of unbranched alkanes of at least 4 members (excludes halogenated alkanes) is 2. The Morgan fingerprint density at radius 3 is 1.70 bits per heavy atom. The molecule has 0 spiro atoms. The molecule has 0 saturated carbocycles. The van der Waals surface area contributed by atoms with E-state index in [9.17, 15) is 33.9 Å². The fourth-order valence-electron chi connectivity index (χ4n) is 13.7. The van der Waals surface area contributed by atoms with Crippen LogP contribution < -0.4 is 21.3 Å². The number of rotatable bonds is 19. The van der Waals surface area contributed by atoms with E-state index in [1.54, 1.807) is 55.5 Å². The van der Waals surface area contributed by atoms with Crippen LogP contribution in [0.15, 0.2) is 0 Å². The summed E-state index contributed by atoms with van der Waals surface area (Å²) in [6.07, 6.45) is 0.822. The Morgan fingerprint density at radius 2 is 1.17 bits per heavy atom. The summed E-state index contributed by atoms with van der Waals surface area (Å²) in [5.41, 5.74) is -1.31. The molecule has 98 heavy (non-hydrogen) atoms. The van der Waals surface area contributed by atoms with Gasteiger partial charge in [-0.1, -0.05) is 110 Å². The van der Waals surface area contributed by atoms with Crippen molar-refractivity contribution in [2.45, 2.75) is 248 Å². The first-order valence-electron chi connectivity index (χ1n) is 35.5. The number of ether oxygens (including phenoxy) is 2. The quantitative estimate of drug-likeness (QED) is 0.116. The van der Waals surface area contributed by atoms with Gasteiger partial charge in [-0.2, -0.15) is 0 Å². The number of hydrogen-bond donors (Lipinski definition) is 5. The Bertz CT molecular complexity index is 2690. The second kappa shape index (κ2) is 38.5. The van der Waals surface area contributed by atoms with Gasteiger partial charge < -0.3 is 65.2 Å². The molecule has 3 rings (SSSR count). The number of likely N-dealkylation sites (N-methyl/N-ethyl adjacent to an activating group) is 6. The molecule has 28 nitrogen and oxygen atoms in total. The minimum absolute atomic E-state index is 0.0325. The molecule has 0 aromatic rings. The summed E-state index contributed by atoms with van der Waals surface area (Å²) in [5, 5.41) is 24.8. The van der Waals surface area contributed by atoms with E-state index in [0.717, 1.165) is 53.8 Å². The predicted octanol–water partition coefficient (Wildman–Crippen LogP) is 3.38. The number of hydroxylamine groups is 2. The van der Waals surface area contributed by atoms with E-state index in [-0.39, 0.29) is 55.9 Å². The molecule has 562 valence electrons. The van der Waals surface area contributed by atoms with Crippen LogP contribution in [0.3, 0.4) is 0 Å². The average molecular weight is 1390 g/mol. The summed E-state index contributed by atoms with van der Waals surface area (Å²) in [6, 6.07) is -13.5. The van der Waals surface area contributed by atoms with Crippen LogP contribution in [0.1, 0.15) is 169 Å². The number of methoxy groups -OCH3 is 1. The SMILES string of the molecule is CC[C@@H]1NC(=O)[C@@H]2[C@@H]([C@H](C)CCCCCN3CCOCC3)ON2C(=O)[C@H](C(C)C)N(C)C(=O)[C@H](CC(C)C)N(C)C(O)[C@H](CC(C)C)N(C)C(=O)[C@@H](C)NC(=O)[C@H](C)NC(=O)[C@H](CC(C)C)N(C)C(=O)[C@H](C(C)C)NC(=O)[C@H](C(C)(C)CN(C)C(=O)OC)N(C)C(=O)[C@@H](C)N(C)C1=O. The molecule has 11 amide bonds. The number of fused-ring (bicyclic) bond motifs is 1. The summed E-state index contributed by atoms with van der Waals surface area (Å²) >= 11 is 0. The molecule has 28 heteroatoms. The number of aliphatic hydroxyl groups is 1. The van der Waals surface area contributed by atoms with Gasteiger partial charge in [0.25, 0.3) is 5.91 Å². The monoisotopic (exact) mass is 1390 g/mol. The molecule has 3 aliphatic rings. The molecule has 3 heterocycles. The lowest BCUT2D eigenvalue weighted by Crippen LogP contribution is -2.72. The minimum Gasteiger partial charge on any atom is -0.453 e. The molecule has 3 saturated heterocycles. The van der Waals surface area contributed by atoms with Crippen molar-refractivity contribution < 1.29 is 72.2 Å². The number of amides is 11. The zero-order valence-electron chi connectivity index (χ0n) is 64.1. The summed E-state index contributed by atoms with van der Waals surface area (Å²) in [6.45, 7) is 33.5. The third-order valence-corrected chi connectivity index (χ3v) is 19.7. The highest BCUT2D eigenvalue weighted by Crippen LogP contribution is 2.35. The smallest absolute Gasteiger partial charge is 0.409 e. The van der Waals surface area contributed by atoms with Crippen LogP contribution in [0, 0.1) is 40.9 Å². The number of carbonyl (C=O) groups excluding carboxylic acids is 11. The Kier molecular flexibility index (Phi) is 33.8. The predicted molar refractivity (Wildman–Crippen MR) is 373 cm³/mol. The molecule has 3 aliphatic heterocycles. The minimum atomic E-state index is -1.47. The zero-order valence-corrected chi connectivity index (χ0v) is 64.1. The molecular formula is C70H127N13O15. The van der Waals surface area contributed by atoms with Gasteiger partial charge in [0.1, 0.15) is 60.7 Å². The molecular weight excluding hydrogens is 1260 g/mol. The standard InChI is InChI=1S/C70H127N13O15/c1-26-49-64(90)76(19)48(15)63(89)81(24)57(70(16,17)39-75(18)69(95)96-25)61(87)74-53(43(8)9)67(93)77(20)50(36-40(2)3)59(85)71-46(13)58(84)72-47(14)62(88)78(21)51(37-41(4)5)65(91)79(22)52(38-42(6)7)66(92)80(23)54(44(10)11)68(94)83-55(60(86)73-49)56(98-83)45(12)30-28-27-29-31-82-32-34-97-35-33-82/h40-57,65,91H,26-39H2,1-25H3,(H,71,85)(H,72,84)(H,73,86)(H,74,87)/t45-,46+,47-,48-,49+,50+,51+,52+,53+,54+,55+,56-,57-,65?/m1/s1. The molecule has 14 atom stereocenters. The highest BCUT2D eigenvalue weighted by Gasteiger charge is 2.55. The van der Waals surface area contributed by atoms with E-state index in [1.807, 2.05) is 48.5 Å². The van der Waals surface area contributed by atoms with Crippen LogP contribution >= 0.6 is 0 Å². The zero-order chi connectivity index (χ0) is 74.9. The van der Waals surface area contributed by atoms with E-state index in [2.05, 4.69) is 26.2 Å².